The molecule has 1 rings (SSSR count). The summed E-state index contributed by atoms with van der Waals surface area (Å²) in [6, 6.07) is 1.95. The molecular weight excluding hydrogens is 287 g/mol. The van der Waals surface area contributed by atoms with Crippen molar-refractivity contribution in [3.8, 4) is 5.75 Å². The molecule has 0 amide bonds. The van der Waals surface area contributed by atoms with Crippen LogP contribution in [0.15, 0.2) is 29.7 Å². The molecule has 1 aromatic rings. The predicted molar refractivity (Wildman–Crippen MR) is 73.4 cm³/mol. The van der Waals surface area contributed by atoms with Crippen molar-refractivity contribution >= 4 is 15.7 Å². The number of hydrogen-bond acceptors (Lipinski definition) is 5. The molecule has 0 aliphatic heterocycles. The predicted octanol–water partition coefficient (Wildman–Crippen LogP) is 0.586. The van der Waals surface area contributed by atoms with E-state index in [4.69, 9.17) is 15.6 Å². The Balaban J connectivity index is 3.30. The van der Waals surface area contributed by atoms with Crippen molar-refractivity contribution in [1.29, 1.82) is 0 Å². The zero-order chi connectivity index (χ0) is 15.3. The van der Waals surface area contributed by atoms with E-state index >= 15 is 0 Å². The third kappa shape index (κ3) is 3.27. The van der Waals surface area contributed by atoms with Crippen LogP contribution in [0.4, 0.5) is 10.1 Å². The molecule has 0 saturated heterocycles. The zero-order valence-corrected chi connectivity index (χ0v) is 11.9. The van der Waals surface area contributed by atoms with Crippen LogP contribution in [0.1, 0.15) is 0 Å². The lowest BCUT2D eigenvalue weighted by molar-refractivity contribution is 0.260. The Morgan fingerprint density at radius 1 is 1.55 bits per heavy atom. The van der Waals surface area contributed by atoms with Crippen LogP contribution < -0.4 is 10.5 Å². The fourth-order valence-corrected chi connectivity index (χ4v) is 3.12. The first-order valence-electron chi connectivity index (χ1n) is 5.73. The van der Waals surface area contributed by atoms with Crippen LogP contribution in [0.3, 0.4) is 0 Å². The Hall–Kier alpha value is -1.64. The van der Waals surface area contributed by atoms with E-state index < -0.39 is 15.8 Å². The number of sulfonamides is 1. The van der Waals surface area contributed by atoms with Gasteiger partial charge in [-0.15, -0.1) is 6.58 Å². The fourth-order valence-electron chi connectivity index (χ4n) is 1.67. The molecule has 0 aromatic heterocycles. The highest BCUT2D eigenvalue weighted by atomic mass is 32.2. The van der Waals surface area contributed by atoms with Gasteiger partial charge in [0.05, 0.1) is 24.3 Å². The molecule has 3 N–H and O–H groups in total. The van der Waals surface area contributed by atoms with Gasteiger partial charge < -0.3 is 15.6 Å². The second kappa shape index (κ2) is 6.69. The molecule has 0 aliphatic rings. The van der Waals surface area contributed by atoms with Crippen molar-refractivity contribution in [3.05, 3.63) is 30.6 Å². The Morgan fingerprint density at radius 2 is 2.20 bits per heavy atom. The van der Waals surface area contributed by atoms with Gasteiger partial charge in [-0.05, 0) is 12.1 Å². The number of anilines is 1. The summed E-state index contributed by atoms with van der Waals surface area (Å²) in [6.07, 6.45) is 1.37. The molecule has 0 fully saturated rings. The van der Waals surface area contributed by atoms with Crippen molar-refractivity contribution in [2.75, 3.05) is 32.5 Å². The van der Waals surface area contributed by atoms with E-state index in [2.05, 4.69) is 6.58 Å². The van der Waals surface area contributed by atoms with Crippen LogP contribution in [0, 0.1) is 5.82 Å². The van der Waals surface area contributed by atoms with E-state index in [0.717, 1.165) is 16.4 Å². The van der Waals surface area contributed by atoms with E-state index in [1.165, 1.54) is 13.2 Å². The van der Waals surface area contributed by atoms with Crippen LogP contribution in [0.25, 0.3) is 0 Å². The number of hydrogen-bond donors (Lipinski definition) is 2. The summed E-state index contributed by atoms with van der Waals surface area (Å²) in [5.41, 5.74) is 5.44. The normalized spacial score (nSPS) is 11.6. The number of aliphatic hydroxyl groups is 1. The summed E-state index contributed by atoms with van der Waals surface area (Å²) in [7, 11) is -2.73. The van der Waals surface area contributed by atoms with Crippen LogP contribution >= 0.6 is 0 Å². The van der Waals surface area contributed by atoms with E-state index in [0.29, 0.717) is 0 Å². The molecule has 1 aromatic carbocycles. The van der Waals surface area contributed by atoms with Crippen LogP contribution in [-0.4, -0.2) is 44.6 Å². The number of nitrogen functional groups attached to an aromatic ring is 1. The Labute approximate surface area is 117 Å². The van der Waals surface area contributed by atoms with Gasteiger partial charge in [-0.25, -0.2) is 12.8 Å². The summed E-state index contributed by atoms with van der Waals surface area (Å²) in [5, 5.41) is 8.91. The zero-order valence-electron chi connectivity index (χ0n) is 11.0. The van der Waals surface area contributed by atoms with Crippen LogP contribution in [0.2, 0.25) is 0 Å². The van der Waals surface area contributed by atoms with Gasteiger partial charge >= 0.3 is 0 Å². The standard InChI is InChI=1S/C12H17FN2O4S/c1-3-4-15(5-6-16)20(17,18)9-7-10(13)12(19-2)11(14)8-9/h3,7-8,16H,1,4-6,14H2,2H3. The van der Waals surface area contributed by atoms with Crippen molar-refractivity contribution in [2.24, 2.45) is 0 Å². The maximum atomic E-state index is 13.7. The molecule has 0 heterocycles. The van der Waals surface area contributed by atoms with Crippen LogP contribution in [0.5, 0.6) is 5.75 Å². The molecule has 0 bridgehead atoms. The van der Waals surface area contributed by atoms with Gasteiger partial charge in [0.1, 0.15) is 0 Å². The molecule has 112 valence electrons. The molecule has 0 aliphatic carbocycles. The molecule has 8 heteroatoms. The minimum Gasteiger partial charge on any atom is -0.492 e. The lowest BCUT2D eigenvalue weighted by atomic mass is 10.3. The van der Waals surface area contributed by atoms with Gasteiger partial charge in [0.15, 0.2) is 11.6 Å². The fraction of sp³-hybridized carbons (Fsp3) is 0.333. The average Bonchev–Trinajstić information content (AvgIpc) is 2.38. The maximum absolute atomic E-state index is 13.7. The molecular formula is C12H17FN2O4S. The quantitative estimate of drug-likeness (QED) is 0.568. The summed E-state index contributed by atoms with van der Waals surface area (Å²) >= 11 is 0. The lowest BCUT2D eigenvalue weighted by Crippen LogP contribution is -2.33. The average molecular weight is 304 g/mol. The molecule has 6 nitrogen and oxygen atoms in total. The van der Waals surface area contributed by atoms with Crippen molar-refractivity contribution in [1.82, 2.24) is 4.31 Å². The summed E-state index contributed by atoms with van der Waals surface area (Å²) in [6.45, 7) is 2.96. The van der Waals surface area contributed by atoms with Crippen molar-refractivity contribution < 1.29 is 22.7 Å². The Kier molecular flexibility index (Phi) is 5.49. The number of ether oxygens (including phenoxy) is 1. The first-order valence-corrected chi connectivity index (χ1v) is 7.17. The highest BCUT2D eigenvalue weighted by Gasteiger charge is 2.25. The van der Waals surface area contributed by atoms with E-state index in [9.17, 15) is 12.8 Å². The Morgan fingerprint density at radius 3 is 2.65 bits per heavy atom. The molecule has 0 radical (unpaired) electrons. The number of nitrogens with two attached hydrogens (primary N) is 1. The molecule has 0 atom stereocenters. The summed E-state index contributed by atoms with van der Waals surface area (Å²) in [4.78, 5) is -0.302. The second-order valence-corrected chi connectivity index (χ2v) is 5.84. The van der Waals surface area contributed by atoms with Crippen molar-refractivity contribution in [2.45, 2.75) is 4.90 Å². The minimum atomic E-state index is -3.97. The topological polar surface area (TPSA) is 92.9 Å². The second-order valence-electron chi connectivity index (χ2n) is 3.90. The molecule has 0 unspecified atom stereocenters. The molecule has 0 spiro atoms. The van der Waals surface area contributed by atoms with Gasteiger partial charge in [-0.2, -0.15) is 4.31 Å². The summed E-state index contributed by atoms with van der Waals surface area (Å²) in [5.74, 6) is -1.07. The number of nitrogens with zero attached hydrogens (tertiary/aromatic N) is 1. The number of methoxy groups -OCH3 is 1. The first kappa shape index (κ1) is 16.4. The van der Waals surface area contributed by atoms with E-state index in [-0.39, 0.29) is 36.0 Å². The first-order chi connectivity index (χ1) is 9.38. The van der Waals surface area contributed by atoms with Gasteiger partial charge in [-0.1, -0.05) is 6.08 Å². The third-order valence-electron chi connectivity index (χ3n) is 2.57. The monoisotopic (exact) mass is 304 g/mol. The number of benzene rings is 1. The molecule has 20 heavy (non-hydrogen) atoms. The highest BCUT2D eigenvalue weighted by molar-refractivity contribution is 7.89. The van der Waals surface area contributed by atoms with Gasteiger partial charge in [0.2, 0.25) is 10.0 Å². The van der Waals surface area contributed by atoms with Crippen molar-refractivity contribution in [3.63, 3.8) is 0 Å². The van der Waals surface area contributed by atoms with Gasteiger partial charge in [0, 0.05) is 13.1 Å². The maximum Gasteiger partial charge on any atom is 0.243 e. The van der Waals surface area contributed by atoms with Gasteiger partial charge in [-0.3, -0.25) is 0 Å². The van der Waals surface area contributed by atoms with E-state index in [1.54, 1.807) is 0 Å². The summed E-state index contributed by atoms with van der Waals surface area (Å²) < 4.78 is 44.1. The number of rotatable bonds is 7. The lowest BCUT2D eigenvalue weighted by Gasteiger charge is -2.20. The minimum absolute atomic E-state index is 0.00353. The van der Waals surface area contributed by atoms with Crippen LogP contribution in [-0.2, 0) is 10.0 Å². The molecule has 0 saturated carbocycles. The highest BCUT2D eigenvalue weighted by Crippen LogP contribution is 2.29. The van der Waals surface area contributed by atoms with E-state index in [1.807, 2.05) is 0 Å². The number of halogens is 1. The number of aliphatic hydroxyl groups excluding tert-OH is 1. The van der Waals surface area contributed by atoms with Gasteiger partial charge in [0.25, 0.3) is 0 Å². The SMILES string of the molecule is C=CCN(CCO)S(=O)(=O)c1cc(N)c(OC)c(F)c1. The third-order valence-corrected chi connectivity index (χ3v) is 4.41. The largest absolute Gasteiger partial charge is 0.492 e. The smallest absolute Gasteiger partial charge is 0.243 e. The Bertz CT molecular complexity index is 566.